The summed E-state index contributed by atoms with van der Waals surface area (Å²) in [6.45, 7) is 0. The van der Waals surface area contributed by atoms with Gasteiger partial charge in [-0.3, -0.25) is 0 Å². The molecule has 3 heterocycles. The van der Waals surface area contributed by atoms with Gasteiger partial charge in [-0.1, -0.05) is 109 Å². The highest BCUT2D eigenvalue weighted by Gasteiger charge is 2.23. The Bertz CT molecular complexity index is 2970. The topological polar surface area (TPSA) is 51.8 Å². The molecule has 5 heteroatoms. The molecular formula is C43H23N3OS. The molecule has 0 radical (unpaired) electrons. The molecule has 4 nitrogen and oxygen atoms in total. The van der Waals surface area contributed by atoms with E-state index in [4.69, 9.17) is 19.4 Å². The minimum absolute atomic E-state index is 0.620. The largest absolute Gasteiger partial charge is 0.456 e. The van der Waals surface area contributed by atoms with Crippen LogP contribution in [0.1, 0.15) is 0 Å². The van der Waals surface area contributed by atoms with Crippen LogP contribution in [0, 0.1) is 0 Å². The van der Waals surface area contributed by atoms with E-state index in [0.717, 1.165) is 38.6 Å². The standard InChI is InChI=1S/C43H23N3OS/c1-3-15-35-32(11-1)40-33(14-7-16-36(40)47-35)43-45-41(25-18-20-27-30-12-5-8-24-9-6-13-31(39(24)30)34(27)22-25)44-42(46-43)26-19-21-29-28-10-2-4-17-37(28)48-38(29)23-26/h1-23H. The van der Waals surface area contributed by atoms with E-state index in [1.165, 1.54) is 53.2 Å². The number of benzene rings is 7. The second-order valence-electron chi connectivity index (χ2n) is 12.4. The maximum atomic E-state index is 6.26. The van der Waals surface area contributed by atoms with Crippen LogP contribution in [0.25, 0.3) is 109 Å². The smallest absolute Gasteiger partial charge is 0.164 e. The van der Waals surface area contributed by atoms with Crippen LogP contribution in [0.15, 0.2) is 144 Å². The molecule has 0 amide bonds. The van der Waals surface area contributed by atoms with E-state index >= 15 is 0 Å². The molecule has 1 aliphatic rings. The summed E-state index contributed by atoms with van der Waals surface area (Å²) in [5.41, 5.74) is 9.46. The van der Waals surface area contributed by atoms with Gasteiger partial charge in [0, 0.05) is 47.6 Å². The van der Waals surface area contributed by atoms with Crippen LogP contribution in [-0.2, 0) is 0 Å². The Morgan fingerprint density at radius 2 is 1.04 bits per heavy atom. The minimum atomic E-state index is 0.620. The molecule has 11 rings (SSSR count). The Hall–Kier alpha value is -6.17. The highest BCUT2D eigenvalue weighted by atomic mass is 32.1. The maximum absolute atomic E-state index is 6.26. The van der Waals surface area contributed by atoms with Gasteiger partial charge >= 0.3 is 0 Å². The van der Waals surface area contributed by atoms with Crippen molar-refractivity contribution < 1.29 is 4.42 Å². The van der Waals surface area contributed by atoms with Crippen molar-refractivity contribution in [3.05, 3.63) is 140 Å². The van der Waals surface area contributed by atoms with Crippen molar-refractivity contribution in [3.8, 4) is 56.4 Å². The van der Waals surface area contributed by atoms with Gasteiger partial charge in [-0.2, -0.15) is 0 Å². The van der Waals surface area contributed by atoms with Crippen molar-refractivity contribution in [2.45, 2.75) is 0 Å². The number of nitrogens with zero attached hydrogens (tertiary/aromatic N) is 3. The molecule has 48 heavy (non-hydrogen) atoms. The summed E-state index contributed by atoms with van der Waals surface area (Å²) >= 11 is 1.80. The molecule has 0 unspecified atom stereocenters. The van der Waals surface area contributed by atoms with E-state index in [1.54, 1.807) is 11.3 Å². The van der Waals surface area contributed by atoms with Gasteiger partial charge in [-0.15, -0.1) is 11.3 Å². The van der Waals surface area contributed by atoms with Gasteiger partial charge in [0.1, 0.15) is 11.2 Å². The highest BCUT2D eigenvalue weighted by molar-refractivity contribution is 7.25. The Morgan fingerprint density at radius 3 is 1.92 bits per heavy atom. The van der Waals surface area contributed by atoms with Crippen LogP contribution in [0.3, 0.4) is 0 Å². The molecule has 10 aromatic rings. The lowest BCUT2D eigenvalue weighted by Crippen LogP contribution is -2.00. The maximum Gasteiger partial charge on any atom is 0.164 e. The van der Waals surface area contributed by atoms with Crippen LogP contribution >= 0.6 is 11.3 Å². The Morgan fingerprint density at radius 1 is 0.396 bits per heavy atom. The second-order valence-corrected chi connectivity index (χ2v) is 13.4. The zero-order chi connectivity index (χ0) is 31.3. The van der Waals surface area contributed by atoms with Crippen LogP contribution in [-0.4, -0.2) is 15.0 Å². The Kier molecular flexibility index (Phi) is 5.23. The van der Waals surface area contributed by atoms with E-state index in [-0.39, 0.29) is 0 Å². The number of hydrogen-bond acceptors (Lipinski definition) is 5. The van der Waals surface area contributed by atoms with Crippen LogP contribution in [0.5, 0.6) is 0 Å². The lowest BCUT2D eigenvalue weighted by Gasteiger charge is -2.11. The Labute approximate surface area is 278 Å². The molecule has 0 aliphatic heterocycles. The molecule has 0 spiro atoms. The third-order valence-corrected chi connectivity index (χ3v) is 10.8. The molecule has 0 saturated carbocycles. The molecule has 0 saturated heterocycles. The summed E-state index contributed by atoms with van der Waals surface area (Å²) < 4.78 is 8.74. The number of aromatic nitrogens is 3. The Balaban J connectivity index is 1.16. The van der Waals surface area contributed by atoms with Crippen molar-refractivity contribution in [1.29, 1.82) is 0 Å². The summed E-state index contributed by atoms with van der Waals surface area (Å²) in [6.07, 6.45) is 0. The predicted molar refractivity (Wildman–Crippen MR) is 198 cm³/mol. The highest BCUT2D eigenvalue weighted by Crippen LogP contribution is 2.48. The molecule has 0 atom stereocenters. The number of fused-ring (bicyclic) bond motifs is 9. The van der Waals surface area contributed by atoms with E-state index in [1.807, 2.05) is 30.3 Å². The first-order valence-corrected chi connectivity index (χ1v) is 16.8. The van der Waals surface area contributed by atoms with Gasteiger partial charge < -0.3 is 4.42 Å². The number of para-hydroxylation sites is 1. The van der Waals surface area contributed by atoms with Crippen molar-refractivity contribution >= 4 is 64.2 Å². The van der Waals surface area contributed by atoms with Gasteiger partial charge in [0.05, 0.1) is 0 Å². The van der Waals surface area contributed by atoms with E-state index in [2.05, 4.69) is 109 Å². The lowest BCUT2D eigenvalue weighted by atomic mass is 10.0. The van der Waals surface area contributed by atoms with Gasteiger partial charge in [0.25, 0.3) is 0 Å². The first-order valence-electron chi connectivity index (χ1n) is 16.0. The van der Waals surface area contributed by atoms with Gasteiger partial charge in [0.2, 0.25) is 0 Å². The zero-order valence-corrected chi connectivity index (χ0v) is 26.3. The fourth-order valence-electron chi connectivity index (χ4n) is 7.51. The van der Waals surface area contributed by atoms with Gasteiger partial charge in [-0.05, 0) is 63.4 Å². The normalized spacial score (nSPS) is 12.2. The van der Waals surface area contributed by atoms with Gasteiger partial charge in [-0.25, -0.2) is 15.0 Å². The zero-order valence-electron chi connectivity index (χ0n) is 25.4. The summed E-state index contributed by atoms with van der Waals surface area (Å²) in [6, 6.07) is 49.1. The monoisotopic (exact) mass is 629 g/mol. The summed E-state index contributed by atoms with van der Waals surface area (Å²) in [7, 11) is 0. The first kappa shape index (κ1) is 26.0. The molecule has 0 fully saturated rings. The van der Waals surface area contributed by atoms with Crippen molar-refractivity contribution in [1.82, 2.24) is 15.0 Å². The van der Waals surface area contributed by atoms with Crippen molar-refractivity contribution in [2.75, 3.05) is 0 Å². The molecule has 1 aliphatic carbocycles. The quantitative estimate of drug-likeness (QED) is 0.195. The van der Waals surface area contributed by atoms with Crippen molar-refractivity contribution in [3.63, 3.8) is 0 Å². The van der Waals surface area contributed by atoms with Crippen molar-refractivity contribution in [2.24, 2.45) is 0 Å². The predicted octanol–water partition coefficient (Wildman–Crippen LogP) is 11.9. The number of hydrogen-bond donors (Lipinski definition) is 0. The van der Waals surface area contributed by atoms with Crippen LogP contribution in [0.4, 0.5) is 0 Å². The SMILES string of the molecule is c1cc2c3c(cccc3c1)-c1cc(-c3nc(-c4ccc5c(c4)sc4ccccc45)nc(-c4cccc5oc6ccccc6c45)n3)ccc1-2. The minimum Gasteiger partial charge on any atom is -0.456 e. The molecule has 0 N–H and O–H groups in total. The van der Waals surface area contributed by atoms with Crippen LogP contribution in [0.2, 0.25) is 0 Å². The molecule has 222 valence electrons. The number of furan rings is 1. The number of rotatable bonds is 3. The number of thiophene rings is 1. The second kappa shape index (κ2) is 9.67. The molecular weight excluding hydrogens is 607 g/mol. The van der Waals surface area contributed by atoms with E-state index < -0.39 is 0 Å². The lowest BCUT2D eigenvalue weighted by molar-refractivity contribution is 0.669. The molecule has 7 aromatic carbocycles. The fourth-order valence-corrected chi connectivity index (χ4v) is 8.66. The third kappa shape index (κ3) is 3.68. The summed E-state index contributed by atoms with van der Waals surface area (Å²) in [5, 5.41) is 7.13. The fraction of sp³-hybridized carbons (Fsp3) is 0. The van der Waals surface area contributed by atoms with E-state index in [9.17, 15) is 0 Å². The molecule has 3 aromatic heterocycles. The van der Waals surface area contributed by atoms with Crippen LogP contribution < -0.4 is 0 Å². The third-order valence-electron chi connectivity index (χ3n) is 9.68. The van der Waals surface area contributed by atoms with Gasteiger partial charge in [0.15, 0.2) is 17.5 Å². The first-order chi connectivity index (χ1) is 23.8. The van der Waals surface area contributed by atoms with E-state index in [0.29, 0.717) is 17.5 Å². The summed E-state index contributed by atoms with van der Waals surface area (Å²) in [5.74, 6) is 1.90. The molecule has 0 bridgehead atoms. The average Bonchev–Trinajstić information content (AvgIpc) is 3.82. The summed E-state index contributed by atoms with van der Waals surface area (Å²) in [4.78, 5) is 15.5. The average molecular weight is 630 g/mol.